The van der Waals surface area contributed by atoms with Crippen molar-refractivity contribution in [2.75, 3.05) is 39.2 Å². The fourth-order valence-electron chi connectivity index (χ4n) is 9.86. The zero-order valence-electron chi connectivity index (χ0n) is 79.5. The van der Waals surface area contributed by atoms with Crippen molar-refractivity contribution >= 4 is 34.2 Å². The van der Waals surface area contributed by atoms with Crippen LogP contribution < -0.4 is 15.0 Å². The van der Waals surface area contributed by atoms with Crippen molar-refractivity contribution in [1.29, 1.82) is 5.26 Å². The fourth-order valence-corrected chi connectivity index (χ4v) is 10.1. The third-order valence-corrected chi connectivity index (χ3v) is 19.6. The minimum absolute atomic E-state index is 0.0000670. The molecular formula is C73H101F24N7O16S. The van der Waals surface area contributed by atoms with Crippen molar-refractivity contribution in [2.45, 2.75) is 288 Å². The highest BCUT2D eigenvalue weighted by Crippen LogP contribution is 2.66. The zero-order valence-corrected chi connectivity index (χ0v) is 66.3. The van der Waals surface area contributed by atoms with Gasteiger partial charge in [0.2, 0.25) is 11.8 Å². The second-order valence-electron chi connectivity index (χ2n) is 31.5. The quantitative estimate of drug-likeness (QED) is 0.0321. The van der Waals surface area contributed by atoms with Gasteiger partial charge in [0.05, 0.1) is 93.5 Å². The van der Waals surface area contributed by atoms with Gasteiger partial charge in [-0.3, -0.25) is 23.7 Å². The standard InChI is InChI=1S/C15H21F3N2O3.C10H13F3N2O.C8H12N2O3.C7H8F3N.C7H11F3O3S.C7H9F3O2.C7H11F3O.C6H7F3O2.C6H9F3O/c1-13(2,3)23-12(21)20-9-5-11(19-20)22-10-4-6-14(7-8-14)15(16,17)18;11-10(12,13)9(4-5-9)3-1-7-16-8-2-6-14-15-8;1-8(2,3)13-7(12)10-5-4-6(11)9-10;8-7(9,10)6(3-4-6)2-1-5-11;1-14(11,12)13-5-4-6(2-3-6)7(8,9)10;8-7(9,10)6(3-4-6)2-1-5(11)12;8-7(9,10)6(3-4-6)2-1-5-11;7-6(8,9)5(1-2-5)3-4(10)11;7-6(8,9)5(1-2-5)3-4-10/h5,9H,4,6-8,10H2,1-3H3;2,6H,1,3-5,7H2,(H,14,15);4-5H,1-3H3,(H,9,11);1-4H2;2-5H2,1H3;1-4H2,(H,11,12);11H,1-5H2;1-3H2,(H,10,11);10H,1-4H2/i4D2;1D2;;1D2;5D2;2*1D2;;4D2. The van der Waals surface area contributed by atoms with E-state index in [4.69, 9.17) is 63.8 Å². The molecular weight excluding hydrogens is 1720 g/mol. The van der Waals surface area contributed by atoms with Crippen LogP contribution >= 0.6 is 0 Å². The lowest BCUT2D eigenvalue weighted by Gasteiger charge is -2.19. The summed E-state index contributed by atoms with van der Waals surface area (Å²) in [7, 11) is -4.11. The number of nitrogens with one attached hydrogen (secondary N) is 2. The number of carboxylic acids is 2. The van der Waals surface area contributed by atoms with Gasteiger partial charge in [-0.2, -0.15) is 134 Å². The number of carboxylic acid groups (broad SMARTS) is 2. The predicted octanol–water partition coefficient (Wildman–Crippen LogP) is 20.2. The minimum atomic E-state index is -4.53. The summed E-state index contributed by atoms with van der Waals surface area (Å²) in [5, 5.41) is 54.0. The van der Waals surface area contributed by atoms with E-state index in [1.54, 1.807) is 41.5 Å². The third-order valence-electron chi connectivity index (χ3n) is 19.2. The van der Waals surface area contributed by atoms with Gasteiger partial charge in [0.25, 0.3) is 15.7 Å². The van der Waals surface area contributed by atoms with Gasteiger partial charge < -0.3 is 39.4 Å². The molecule has 8 fully saturated rings. The molecule has 23 nitrogen and oxygen atoms in total. The number of carbonyl (C=O) groups is 4. The molecule has 121 heavy (non-hydrogen) atoms. The smallest absolute Gasteiger partial charge is 0.435 e. The number of aromatic nitrogens is 6. The number of halogens is 24. The third kappa shape index (κ3) is 35.6. The first-order valence-electron chi connectivity index (χ1n) is 43.0. The molecule has 3 aromatic heterocycles. The molecule has 0 aliphatic heterocycles. The lowest BCUT2D eigenvalue weighted by molar-refractivity contribution is -0.193. The van der Waals surface area contributed by atoms with E-state index in [9.17, 15) is 138 Å². The van der Waals surface area contributed by atoms with E-state index in [0.29, 0.717) is 6.26 Å². The Morgan fingerprint density at radius 1 is 0.504 bits per heavy atom. The maximum atomic E-state index is 12.9. The minimum Gasteiger partial charge on any atom is -0.481 e. The van der Waals surface area contributed by atoms with Crippen LogP contribution in [-0.2, 0) is 33.4 Å². The number of nitriles is 1. The highest BCUT2D eigenvalue weighted by molar-refractivity contribution is 7.86. The number of carbonyl (C=O) groups excluding carboxylic acids is 2. The van der Waals surface area contributed by atoms with E-state index in [0.717, 1.165) is 9.36 Å². The maximum absolute atomic E-state index is 12.9. The van der Waals surface area contributed by atoms with Crippen molar-refractivity contribution in [3.8, 4) is 17.8 Å². The van der Waals surface area contributed by atoms with Gasteiger partial charge >= 0.3 is 73.5 Å². The van der Waals surface area contributed by atoms with E-state index >= 15 is 0 Å². The summed E-state index contributed by atoms with van der Waals surface area (Å²) >= 11 is 0. The van der Waals surface area contributed by atoms with Crippen LogP contribution in [0.4, 0.5) is 115 Å². The van der Waals surface area contributed by atoms with Gasteiger partial charge in [-0.15, -0.1) is 5.10 Å². The number of hydrogen-bond acceptors (Lipinski definition) is 17. The first kappa shape index (κ1) is 85.7. The highest BCUT2D eigenvalue weighted by Gasteiger charge is 2.68. The van der Waals surface area contributed by atoms with Crippen LogP contribution in [0.2, 0.25) is 0 Å². The van der Waals surface area contributed by atoms with Crippen LogP contribution in [0.5, 0.6) is 11.8 Å². The monoisotopic (exact) mass is 1830 g/mol. The Morgan fingerprint density at radius 3 is 1.17 bits per heavy atom. The average molecular weight is 1830 g/mol. The van der Waals surface area contributed by atoms with Crippen molar-refractivity contribution < 1.29 is 196 Å². The molecule has 0 spiro atoms. The summed E-state index contributed by atoms with van der Waals surface area (Å²) in [6, 6.07) is 5.29. The molecule has 0 atom stereocenters. The van der Waals surface area contributed by atoms with Gasteiger partial charge in [0.15, 0.2) is 0 Å². The first-order valence-corrected chi connectivity index (χ1v) is 37.8. The lowest BCUT2D eigenvalue weighted by Crippen LogP contribution is -2.28. The number of aliphatic hydroxyl groups is 2. The van der Waals surface area contributed by atoms with Gasteiger partial charge in [0, 0.05) is 70.2 Å². The molecule has 698 valence electrons. The predicted molar refractivity (Wildman–Crippen MR) is 378 cm³/mol. The van der Waals surface area contributed by atoms with Crippen molar-refractivity contribution in [2.24, 2.45) is 43.3 Å². The van der Waals surface area contributed by atoms with Gasteiger partial charge in [0.1, 0.15) is 11.2 Å². The Bertz CT molecular complexity index is 4620. The SMILES string of the molecule is CC(C)(C)OC(=O)n1ccc(=O)[nH]1.O=C(O)CC1(C(F)(F)F)CC1.[2H]C([2H])(C#N)CC1(C(F)(F)F)CC1.[2H]C([2H])(CC1(C(F)(F)F)CC1)C(=O)O.[2H]C([2H])(CC1(C(F)(F)F)CC1)OS(C)(=O)=O.[2H]C([2H])(CO)CC1(C(F)(F)F)CC1.[2H]C([2H])(COc1ccn(C(=O)OC(C)(C)C)n1)CC1(C(F)(F)F)CC1.[2H]C([2H])(COc1ccn[nH]1)CC1(C(F)(F)F)CC1.[2H]C([2H])(O)CC1(C(F)(F)F)CC1. The maximum Gasteiger partial charge on any atom is 0.435 e. The Kier molecular flexibility index (Phi) is 29.4. The number of H-pyrrole nitrogens is 2. The summed E-state index contributed by atoms with van der Waals surface area (Å²) in [5.41, 5.74) is -17.3. The van der Waals surface area contributed by atoms with Crippen molar-refractivity contribution in [3.05, 3.63) is 47.1 Å². The van der Waals surface area contributed by atoms with Crippen LogP contribution in [-0.4, -0.2) is 183 Å². The highest BCUT2D eigenvalue weighted by atomic mass is 32.2. The number of nitrogens with zero attached hydrogens (tertiary/aromatic N) is 5. The van der Waals surface area contributed by atoms with Crippen molar-refractivity contribution in [1.82, 2.24) is 29.8 Å². The molecule has 0 unspecified atom stereocenters. The average Bonchev–Trinajstić information content (AvgIpc) is 1.78. The van der Waals surface area contributed by atoms with E-state index < -0.39 is 254 Å². The van der Waals surface area contributed by atoms with Crippen LogP contribution in [0.15, 0.2) is 41.6 Å². The van der Waals surface area contributed by atoms with E-state index in [2.05, 4.69) is 24.6 Å². The molecule has 0 aromatic carbocycles. The Morgan fingerprint density at radius 2 is 0.868 bits per heavy atom. The Labute approximate surface area is 699 Å². The fraction of sp³-hybridized carbons (Fsp3) is 0.808. The second kappa shape index (κ2) is 41.6. The molecule has 3 aromatic rings. The molecule has 6 N–H and O–H groups in total. The van der Waals surface area contributed by atoms with Crippen LogP contribution in [0.25, 0.3) is 0 Å². The summed E-state index contributed by atoms with van der Waals surface area (Å²) < 4.78 is 445. The summed E-state index contributed by atoms with van der Waals surface area (Å²) in [6.07, 6.45) is -50.8. The number of ether oxygens (including phenoxy) is 4. The van der Waals surface area contributed by atoms with Crippen LogP contribution in [0.3, 0.4) is 0 Å². The molecule has 48 heteroatoms. The van der Waals surface area contributed by atoms with Crippen LogP contribution in [0.1, 0.15) is 247 Å². The summed E-state index contributed by atoms with van der Waals surface area (Å²) in [4.78, 5) is 54.0. The molecule has 0 amide bonds. The summed E-state index contributed by atoms with van der Waals surface area (Å²) in [6.45, 7) is 2.93. The van der Waals surface area contributed by atoms with Gasteiger partial charge in [-0.05, 0) is 208 Å². The number of aliphatic hydroxyl groups excluding tert-OH is 1. The summed E-state index contributed by atoms with van der Waals surface area (Å²) in [5.74, 6) is -3.03. The number of hydrogen-bond donors (Lipinski definition) is 6. The Hall–Kier alpha value is -7.45. The molecule has 3 heterocycles. The van der Waals surface area contributed by atoms with E-state index in [-0.39, 0.29) is 120 Å². The molecule has 8 aliphatic rings. The van der Waals surface area contributed by atoms with Gasteiger partial charge in [-0.25, -0.2) is 14.7 Å². The molecule has 8 aliphatic carbocycles. The first-order chi connectivity index (χ1) is 59.8. The zero-order chi connectivity index (χ0) is 106. The van der Waals surface area contributed by atoms with E-state index in [1.807, 2.05) is 0 Å². The normalized spacial score (nSPS) is 21.6. The van der Waals surface area contributed by atoms with Gasteiger partial charge in [-0.1, -0.05) is 0 Å². The van der Waals surface area contributed by atoms with Crippen LogP contribution in [0, 0.1) is 54.7 Å². The molecule has 0 radical (unpaired) electrons. The number of aromatic amines is 2. The molecule has 8 saturated carbocycles. The molecule has 0 bridgehead atoms. The largest absolute Gasteiger partial charge is 0.481 e. The number of aliphatic carboxylic acids is 2. The molecule has 0 saturated heterocycles. The number of alkyl halides is 24. The molecule has 11 rings (SSSR count). The topological polar surface area (TPSA) is 338 Å². The number of rotatable bonds is 26. The lowest BCUT2D eigenvalue weighted by atomic mass is 10.00. The Balaban J connectivity index is 0.000000396. The second-order valence-corrected chi connectivity index (χ2v) is 33.1. The van der Waals surface area contributed by atoms with E-state index in [1.165, 1.54) is 42.9 Å². The van der Waals surface area contributed by atoms with Crippen molar-refractivity contribution in [3.63, 3.8) is 0 Å².